The van der Waals surface area contributed by atoms with Crippen LogP contribution in [0.1, 0.15) is 18.9 Å². The van der Waals surface area contributed by atoms with Crippen molar-refractivity contribution in [2.45, 2.75) is 18.9 Å². The lowest BCUT2D eigenvalue weighted by molar-refractivity contribution is 0.414. The molecule has 114 valence electrons. The molecular formula is C15H13BrN2O3S. The number of methoxy groups -OCH3 is 1. The minimum atomic E-state index is -0.219. The van der Waals surface area contributed by atoms with Gasteiger partial charge in [0.05, 0.1) is 22.5 Å². The van der Waals surface area contributed by atoms with Crippen LogP contribution in [0.3, 0.4) is 0 Å². The molecule has 0 amide bonds. The zero-order valence-corrected chi connectivity index (χ0v) is 14.5. The molecule has 1 aromatic carbocycles. The average Bonchev–Trinajstić information content (AvgIpc) is 3.27. The maximum Gasteiger partial charge on any atom is 0.273 e. The smallest absolute Gasteiger partial charge is 0.273 e. The topological polar surface area (TPSA) is 53.2 Å². The summed E-state index contributed by atoms with van der Waals surface area (Å²) in [6.45, 7) is 0. The van der Waals surface area contributed by atoms with E-state index in [4.69, 9.17) is 4.74 Å². The van der Waals surface area contributed by atoms with Crippen LogP contribution in [0.15, 0.2) is 26.2 Å². The Bertz CT molecular complexity index is 1040. The van der Waals surface area contributed by atoms with E-state index in [0.29, 0.717) is 17.2 Å². The van der Waals surface area contributed by atoms with Crippen molar-refractivity contribution in [3.05, 3.63) is 37.2 Å². The molecule has 1 saturated carbocycles. The van der Waals surface area contributed by atoms with Crippen molar-refractivity contribution in [3.63, 3.8) is 0 Å². The summed E-state index contributed by atoms with van der Waals surface area (Å²) in [4.78, 5) is 25.9. The quantitative estimate of drug-likeness (QED) is 0.686. The van der Waals surface area contributed by atoms with E-state index >= 15 is 0 Å². The molecule has 1 aliphatic carbocycles. The summed E-state index contributed by atoms with van der Waals surface area (Å²) in [7, 11) is 3.29. The molecule has 22 heavy (non-hydrogen) atoms. The fourth-order valence-electron chi connectivity index (χ4n) is 2.90. The first-order valence-corrected chi connectivity index (χ1v) is 8.52. The van der Waals surface area contributed by atoms with E-state index in [9.17, 15) is 9.59 Å². The molecule has 3 aromatic rings. The van der Waals surface area contributed by atoms with Gasteiger partial charge in [0.1, 0.15) is 10.2 Å². The summed E-state index contributed by atoms with van der Waals surface area (Å²) in [5, 5.41) is 0.825. The summed E-state index contributed by atoms with van der Waals surface area (Å²) < 4.78 is 9.97. The summed E-state index contributed by atoms with van der Waals surface area (Å²) in [6, 6.07) is 3.88. The summed E-state index contributed by atoms with van der Waals surface area (Å²) >= 11 is 4.81. The van der Waals surface area contributed by atoms with Crippen molar-refractivity contribution < 1.29 is 4.74 Å². The fourth-order valence-corrected chi connectivity index (χ4v) is 4.42. The third-order valence-corrected chi connectivity index (χ3v) is 5.71. The van der Waals surface area contributed by atoms with Crippen LogP contribution < -0.4 is 15.7 Å². The van der Waals surface area contributed by atoms with Gasteiger partial charge in [-0.15, -0.1) is 0 Å². The molecule has 5 nitrogen and oxygen atoms in total. The second-order valence-corrected chi connectivity index (χ2v) is 7.45. The van der Waals surface area contributed by atoms with Crippen LogP contribution in [0.2, 0.25) is 0 Å². The van der Waals surface area contributed by atoms with Gasteiger partial charge >= 0.3 is 0 Å². The Kier molecular flexibility index (Phi) is 2.99. The SMILES string of the molecule is COc1c(Br)ccc2c(=O)c3c(=O)n(C)sc3n(C3CC3)c12. The lowest BCUT2D eigenvalue weighted by Crippen LogP contribution is -2.18. The number of aryl methyl sites for hydroxylation is 1. The number of pyridine rings is 1. The zero-order valence-electron chi connectivity index (χ0n) is 12.1. The lowest BCUT2D eigenvalue weighted by Gasteiger charge is -2.15. The maximum absolute atomic E-state index is 12.8. The van der Waals surface area contributed by atoms with E-state index < -0.39 is 0 Å². The highest BCUT2D eigenvalue weighted by Gasteiger charge is 2.30. The second kappa shape index (κ2) is 4.70. The first kappa shape index (κ1) is 14.0. The Balaban J connectivity index is 2.37. The van der Waals surface area contributed by atoms with Crippen LogP contribution in [-0.4, -0.2) is 15.6 Å². The Morgan fingerprint density at radius 3 is 2.68 bits per heavy atom. The first-order valence-electron chi connectivity index (χ1n) is 6.95. The van der Waals surface area contributed by atoms with Crippen molar-refractivity contribution in [1.29, 1.82) is 0 Å². The number of aromatic nitrogens is 2. The predicted octanol–water partition coefficient (Wildman–Crippen LogP) is 3.02. The molecule has 2 heterocycles. The van der Waals surface area contributed by atoms with Gasteiger partial charge in [0.15, 0.2) is 5.75 Å². The van der Waals surface area contributed by atoms with E-state index in [1.165, 1.54) is 15.5 Å². The average molecular weight is 381 g/mol. The number of nitrogens with zero attached hydrogens (tertiary/aromatic N) is 2. The van der Waals surface area contributed by atoms with Crippen LogP contribution >= 0.6 is 27.5 Å². The first-order chi connectivity index (χ1) is 10.5. The summed E-state index contributed by atoms with van der Waals surface area (Å²) in [6.07, 6.45) is 2.11. The van der Waals surface area contributed by atoms with Gasteiger partial charge in [-0.05, 0) is 52.4 Å². The molecule has 0 saturated heterocycles. The van der Waals surface area contributed by atoms with Gasteiger partial charge in [-0.2, -0.15) is 0 Å². The third kappa shape index (κ3) is 1.75. The molecule has 0 bridgehead atoms. The van der Waals surface area contributed by atoms with Gasteiger partial charge in [-0.25, -0.2) is 0 Å². The molecule has 1 fully saturated rings. The summed E-state index contributed by atoms with van der Waals surface area (Å²) in [5.41, 5.74) is 0.344. The molecule has 0 unspecified atom stereocenters. The van der Waals surface area contributed by atoms with Gasteiger partial charge in [0.25, 0.3) is 5.56 Å². The van der Waals surface area contributed by atoms with E-state index in [1.54, 1.807) is 26.3 Å². The van der Waals surface area contributed by atoms with Crippen molar-refractivity contribution in [3.8, 4) is 5.75 Å². The predicted molar refractivity (Wildman–Crippen MR) is 91.4 cm³/mol. The Morgan fingerprint density at radius 1 is 1.32 bits per heavy atom. The van der Waals surface area contributed by atoms with Crippen molar-refractivity contribution in [1.82, 2.24) is 8.52 Å². The molecule has 4 rings (SSSR count). The number of hydrogen-bond acceptors (Lipinski definition) is 4. The molecule has 2 aromatic heterocycles. The largest absolute Gasteiger partial charge is 0.493 e. The number of hydrogen-bond donors (Lipinski definition) is 0. The highest BCUT2D eigenvalue weighted by molar-refractivity contribution is 9.10. The van der Waals surface area contributed by atoms with Gasteiger partial charge in [0, 0.05) is 13.1 Å². The van der Waals surface area contributed by atoms with Crippen molar-refractivity contribution in [2.75, 3.05) is 7.11 Å². The van der Waals surface area contributed by atoms with E-state index in [0.717, 1.165) is 27.7 Å². The minimum absolute atomic E-state index is 0.213. The monoisotopic (exact) mass is 380 g/mol. The van der Waals surface area contributed by atoms with Crippen LogP contribution in [0.4, 0.5) is 0 Å². The zero-order chi connectivity index (χ0) is 15.6. The van der Waals surface area contributed by atoms with Crippen LogP contribution in [0.5, 0.6) is 5.75 Å². The molecule has 0 N–H and O–H groups in total. The van der Waals surface area contributed by atoms with E-state index in [1.807, 2.05) is 0 Å². The molecule has 0 radical (unpaired) electrons. The van der Waals surface area contributed by atoms with E-state index in [-0.39, 0.29) is 16.4 Å². The van der Waals surface area contributed by atoms with Crippen LogP contribution in [-0.2, 0) is 7.05 Å². The molecule has 0 aliphatic heterocycles. The van der Waals surface area contributed by atoms with Crippen LogP contribution in [0.25, 0.3) is 21.1 Å². The highest BCUT2D eigenvalue weighted by atomic mass is 79.9. The molecular weight excluding hydrogens is 368 g/mol. The Hall–Kier alpha value is -1.60. The van der Waals surface area contributed by atoms with Gasteiger partial charge in [-0.3, -0.25) is 13.5 Å². The van der Waals surface area contributed by atoms with Gasteiger partial charge < -0.3 is 9.30 Å². The number of benzene rings is 1. The molecule has 0 atom stereocenters. The fraction of sp³-hybridized carbons (Fsp3) is 0.333. The number of ether oxygens (including phenoxy) is 1. The number of fused-ring (bicyclic) bond motifs is 2. The minimum Gasteiger partial charge on any atom is -0.493 e. The molecule has 1 aliphatic rings. The van der Waals surface area contributed by atoms with E-state index in [2.05, 4.69) is 20.5 Å². The van der Waals surface area contributed by atoms with Gasteiger partial charge in [-0.1, -0.05) is 0 Å². The standard InChI is InChI=1S/C15H13BrN2O3S/c1-17-14(20)10-12(19)8-5-6-9(16)13(21-2)11(8)18(7-3-4-7)15(10)22-17/h5-7H,3-4H2,1-2H3. The second-order valence-electron chi connectivity index (χ2n) is 5.48. The highest BCUT2D eigenvalue weighted by Crippen LogP contribution is 2.43. The van der Waals surface area contributed by atoms with Gasteiger partial charge in [0.2, 0.25) is 5.43 Å². The normalized spacial score (nSPS) is 14.9. The van der Waals surface area contributed by atoms with Crippen molar-refractivity contribution in [2.24, 2.45) is 7.05 Å². The Morgan fingerprint density at radius 2 is 2.05 bits per heavy atom. The number of rotatable bonds is 2. The maximum atomic E-state index is 12.8. The molecule has 0 spiro atoms. The lowest BCUT2D eigenvalue weighted by atomic mass is 10.1. The molecule has 7 heteroatoms. The third-order valence-electron chi connectivity index (χ3n) is 4.07. The van der Waals surface area contributed by atoms with Crippen molar-refractivity contribution >= 4 is 48.6 Å². The number of halogens is 1. The summed E-state index contributed by atoms with van der Waals surface area (Å²) in [5.74, 6) is 0.645. The van der Waals surface area contributed by atoms with Crippen LogP contribution in [0, 0.1) is 0 Å². The Labute approximate surface area is 138 Å².